The van der Waals surface area contributed by atoms with E-state index in [-0.39, 0.29) is 11.6 Å². The van der Waals surface area contributed by atoms with E-state index in [0.717, 1.165) is 12.0 Å². The Morgan fingerprint density at radius 1 is 1.33 bits per heavy atom. The van der Waals surface area contributed by atoms with Crippen LogP contribution < -0.4 is 4.72 Å². The second-order valence-corrected chi connectivity index (χ2v) is 5.66. The summed E-state index contributed by atoms with van der Waals surface area (Å²) in [6.45, 7) is 3.86. The highest BCUT2D eigenvalue weighted by Gasteiger charge is 2.46. The van der Waals surface area contributed by atoms with E-state index in [4.69, 9.17) is 0 Å². The molecule has 102 valence electrons. The molecule has 1 unspecified atom stereocenters. The lowest BCUT2D eigenvalue weighted by Crippen LogP contribution is -2.29. The molecule has 1 N–H and O–H groups in total. The molecule has 0 saturated carbocycles. The number of anilines is 1. The Kier molecular flexibility index (Phi) is 4.26. The van der Waals surface area contributed by atoms with Crippen molar-refractivity contribution in [3.05, 3.63) is 29.8 Å². The molecule has 0 fully saturated rings. The Balaban J connectivity index is 3.00. The van der Waals surface area contributed by atoms with Crippen molar-refractivity contribution in [2.75, 3.05) is 4.72 Å². The van der Waals surface area contributed by atoms with Crippen molar-refractivity contribution in [1.82, 2.24) is 0 Å². The first-order valence-corrected chi connectivity index (χ1v) is 6.84. The van der Waals surface area contributed by atoms with Crippen molar-refractivity contribution in [1.29, 1.82) is 0 Å². The van der Waals surface area contributed by atoms with Crippen LogP contribution in [0.1, 0.15) is 31.7 Å². The third-order valence-corrected chi connectivity index (χ3v) is 3.74. The second-order valence-electron chi connectivity index (χ2n) is 3.99. The smallest absolute Gasteiger partial charge is 0.276 e. The van der Waals surface area contributed by atoms with Crippen molar-refractivity contribution in [3.63, 3.8) is 0 Å². The summed E-state index contributed by atoms with van der Waals surface area (Å²) in [5, 5.41) is 0. The molecule has 0 bridgehead atoms. The zero-order valence-corrected chi connectivity index (χ0v) is 10.8. The van der Waals surface area contributed by atoms with E-state index in [1.807, 2.05) is 13.8 Å². The van der Waals surface area contributed by atoms with Crippen LogP contribution in [0.5, 0.6) is 0 Å². The Bertz CT molecular complexity index is 511. The summed E-state index contributed by atoms with van der Waals surface area (Å²) in [7, 11) is -5.35. The lowest BCUT2D eigenvalue weighted by atomic mass is 9.98. The maximum atomic E-state index is 12.2. The van der Waals surface area contributed by atoms with Crippen molar-refractivity contribution in [2.45, 2.75) is 31.7 Å². The molecule has 3 nitrogen and oxygen atoms in total. The SMILES string of the molecule is CCC(C)c1cccc(NS(=O)(=O)C(F)(F)F)c1. The van der Waals surface area contributed by atoms with Crippen LogP contribution in [0.25, 0.3) is 0 Å². The van der Waals surface area contributed by atoms with Crippen molar-refractivity contribution in [3.8, 4) is 0 Å². The van der Waals surface area contributed by atoms with Crippen LogP contribution >= 0.6 is 0 Å². The third-order valence-electron chi connectivity index (χ3n) is 2.62. The zero-order valence-electron chi connectivity index (χ0n) is 9.95. The van der Waals surface area contributed by atoms with Gasteiger partial charge in [0.2, 0.25) is 0 Å². The number of hydrogen-bond acceptors (Lipinski definition) is 2. The van der Waals surface area contributed by atoms with Crippen LogP contribution in [-0.4, -0.2) is 13.9 Å². The van der Waals surface area contributed by atoms with E-state index >= 15 is 0 Å². The van der Waals surface area contributed by atoms with Gasteiger partial charge in [-0.1, -0.05) is 26.0 Å². The van der Waals surface area contributed by atoms with Crippen LogP contribution in [0.2, 0.25) is 0 Å². The Morgan fingerprint density at radius 2 is 1.94 bits per heavy atom. The molecular weight excluding hydrogens is 267 g/mol. The average molecular weight is 281 g/mol. The van der Waals surface area contributed by atoms with Gasteiger partial charge in [0.1, 0.15) is 0 Å². The molecule has 0 aromatic heterocycles. The van der Waals surface area contributed by atoms with E-state index in [1.165, 1.54) is 22.9 Å². The first kappa shape index (κ1) is 14.8. The van der Waals surface area contributed by atoms with Gasteiger partial charge in [-0.05, 0) is 30.0 Å². The highest BCUT2D eigenvalue weighted by molar-refractivity contribution is 7.93. The standard InChI is InChI=1S/C11H14F3NO2S/c1-3-8(2)9-5-4-6-10(7-9)15-18(16,17)11(12,13)14/h4-8,15H,3H2,1-2H3. The van der Waals surface area contributed by atoms with Crippen LogP contribution in [0, 0.1) is 0 Å². The monoisotopic (exact) mass is 281 g/mol. The number of halogens is 3. The molecule has 0 aliphatic rings. The highest BCUT2D eigenvalue weighted by Crippen LogP contribution is 2.27. The van der Waals surface area contributed by atoms with Crippen molar-refractivity contribution < 1.29 is 21.6 Å². The molecule has 0 radical (unpaired) electrons. The Labute approximate surface area is 104 Å². The van der Waals surface area contributed by atoms with E-state index in [0.29, 0.717) is 0 Å². The largest absolute Gasteiger partial charge is 0.516 e. The summed E-state index contributed by atoms with van der Waals surface area (Å²) < 4.78 is 60.0. The predicted molar refractivity (Wildman–Crippen MR) is 63.7 cm³/mol. The molecule has 0 amide bonds. The van der Waals surface area contributed by atoms with Gasteiger partial charge in [0.15, 0.2) is 0 Å². The normalized spacial score (nSPS) is 14.3. The molecule has 0 saturated heterocycles. The number of rotatable bonds is 4. The van der Waals surface area contributed by atoms with Crippen molar-refractivity contribution >= 4 is 15.7 Å². The zero-order chi connectivity index (χ0) is 14.0. The van der Waals surface area contributed by atoms with E-state index < -0.39 is 15.5 Å². The number of nitrogens with one attached hydrogen (secondary N) is 1. The topological polar surface area (TPSA) is 46.2 Å². The van der Waals surface area contributed by atoms with Crippen LogP contribution in [0.4, 0.5) is 18.9 Å². The molecule has 1 rings (SSSR count). The fourth-order valence-corrected chi connectivity index (χ4v) is 1.91. The van der Waals surface area contributed by atoms with Gasteiger partial charge in [-0.15, -0.1) is 0 Å². The van der Waals surface area contributed by atoms with Gasteiger partial charge in [0.25, 0.3) is 0 Å². The fraction of sp³-hybridized carbons (Fsp3) is 0.455. The predicted octanol–water partition coefficient (Wildman–Crippen LogP) is 3.46. The summed E-state index contributed by atoms with van der Waals surface area (Å²) in [5.41, 5.74) is -4.59. The molecule has 0 aliphatic carbocycles. The van der Waals surface area contributed by atoms with Crippen molar-refractivity contribution in [2.24, 2.45) is 0 Å². The number of sulfonamides is 1. The van der Waals surface area contributed by atoms with Gasteiger partial charge in [-0.3, -0.25) is 4.72 Å². The molecule has 18 heavy (non-hydrogen) atoms. The summed E-state index contributed by atoms with van der Waals surface area (Å²) in [5.74, 6) is 0.153. The highest BCUT2D eigenvalue weighted by atomic mass is 32.2. The fourth-order valence-electron chi connectivity index (χ4n) is 1.36. The van der Waals surface area contributed by atoms with E-state index in [1.54, 1.807) is 6.07 Å². The first-order valence-electron chi connectivity index (χ1n) is 5.36. The van der Waals surface area contributed by atoms with Gasteiger partial charge < -0.3 is 0 Å². The summed E-state index contributed by atoms with van der Waals surface area (Å²) in [6.07, 6.45) is 0.815. The van der Waals surface area contributed by atoms with E-state index in [9.17, 15) is 21.6 Å². The maximum Gasteiger partial charge on any atom is 0.516 e. The van der Waals surface area contributed by atoms with Gasteiger partial charge in [0, 0.05) is 5.69 Å². The molecule has 0 aliphatic heterocycles. The quantitative estimate of drug-likeness (QED) is 0.918. The minimum atomic E-state index is -5.35. The molecule has 1 atom stereocenters. The lowest BCUT2D eigenvalue weighted by Gasteiger charge is -2.13. The number of alkyl halides is 3. The molecule has 1 aromatic rings. The average Bonchev–Trinajstić information content (AvgIpc) is 2.26. The summed E-state index contributed by atoms with van der Waals surface area (Å²) in [4.78, 5) is 0. The molecular formula is C11H14F3NO2S. The maximum absolute atomic E-state index is 12.2. The van der Waals surface area contributed by atoms with E-state index in [2.05, 4.69) is 0 Å². The molecule has 0 spiro atoms. The van der Waals surface area contributed by atoms with Crippen LogP contribution in [0.3, 0.4) is 0 Å². The van der Waals surface area contributed by atoms with Crippen LogP contribution in [-0.2, 0) is 10.0 Å². The Hall–Kier alpha value is -1.24. The minimum Gasteiger partial charge on any atom is -0.276 e. The lowest BCUT2D eigenvalue weighted by molar-refractivity contribution is -0.0429. The van der Waals surface area contributed by atoms with Gasteiger partial charge in [-0.2, -0.15) is 21.6 Å². The molecule has 7 heteroatoms. The minimum absolute atomic E-state index is 0.0786. The van der Waals surface area contributed by atoms with Gasteiger partial charge in [-0.25, -0.2) is 0 Å². The van der Waals surface area contributed by atoms with Crippen LogP contribution in [0.15, 0.2) is 24.3 Å². The number of hydrogen-bond donors (Lipinski definition) is 1. The Morgan fingerprint density at radius 3 is 2.44 bits per heavy atom. The molecule has 0 heterocycles. The summed E-state index contributed by atoms with van der Waals surface area (Å²) in [6, 6.07) is 5.97. The summed E-state index contributed by atoms with van der Waals surface area (Å²) >= 11 is 0. The van der Waals surface area contributed by atoms with Gasteiger partial charge >= 0.3 is 15.5 Å². The third kappa shape index (κ3) is 3.38. The van der Waals surface area contributed by atoms with Gasteiger partial charge in [0.05, 0.1) is 0 Å². The first-order chi connectivity index (χ1) is 8.17. The second kappa shape index (κ2) is 5.17. The number of benzene rings is 1. The molecule has 1 aromatic carbocycles.